The molecule has 1 aromatic carbocycles. The van der Waals surface area contributed by atoms with Gasteiger partial charge in [-0.1, -0.05) is 0 Å². The second-order valence-corrected chi connectivity index (χ2v) is 4.02. The van der Waals surface area contributed by atoms with Gasteiger partial charge in [0.2, 0.25) is 5.82 Å². The average Bonchev–Trinajstić information content (AvgIpc) is 2.25. The molecule has 0 spiro atoms. The van der Waals surface area contributed by atoms with Gasteiger partial charge in [-0.25, -0.2) is 14.4 Å². The van der Waals surface area contributed by atoms with Crippen LogP contribution in [0.4, 0.5) is 23.4 Å². The zero-order valence-corrected chi connectivity index (χ0v) is 9.79. The normalized spacial score (nSPS) is 11.6. The predicted octanol–water partition coefficient (Wildman–Crippen LogP) is 3.19. The van der Waals surface area contributed by atoms with Crippen molar-refractivity contribution in [3.8, 4) is 11.3 Å². The van der Waals surface area contributed by atoms with Gasteiger partial charge >= 0.3 is 6.18 Å². The molecule has 3 nitrogen and oxygen atoms in total. The van der Waals surface area contributed by atoms with Crippen LogP contribution in [0.15, 0.2) is 24.3 Å². The molecule has 0 atom stereocenters. The first kappa shape index (κ1) is 13.3. The molecule has 0 bridgehead atoms. The van der Waals surface area contributed by atoms with E-state index in [2.05, 4.69) is 9.97 Å². The minimum atomic E-state index is -4.70. The number of anilines is 1. The van der Waals surface area contributed by atoms with Gasteiger partial charge in [0.25, 0.3) is 0 Å². The molecule has 1 aromatic heterocycles. The highest BCUT2D eigenvalue weighted by molar-refractivity contribution is 5.62. The Bertz CT molecular complexity index is 603. The zero-order chi connectivity index (χ0) is 14.2. The largest absolute Gasteiger partial charge is 0.451 e. The molecule has 0 aliphatic rings. The van der Waals surface area contributed by atoms with E-state index in [9.17, 15) is 17.6 Å². The third kappa shape index (κ3) is 2.98. The average molecular weight is 271 g/mol. The molecule has 2 aromatic rings. The maximum atomic E-state index is 13.3. The van der Waals surface area contributed by atoms with Gasteiger partial charge in [-0.15, -0.1) is 0 Å². The van der Waals surface area contributed by atoms with E-state index in [1.807, 2.05) is 0 Å². The van der Waals surface area contributed by atoms with Crippen LogP contribution in [-0.2, 0) is 6.18 Å². The predicted molar refractivity (Wildman–Crippen MR) is 61.6 cm³/mol. The lowest BCUT2D eigenvalue weighted by molar-refractivity contribution is -0.144. The topological polar surface area (TPSA) is 51.8 Å². The summed E-state index contributed by atoms with van der Waals surface area (Å²) >= 11 is 0. The molecule has 0 fully saturated rings. The summed E-state index contributed by atoms with van der Waals surface area (Å²) < 4.78 is 51.0. The van der Waals surface area contributed by atoms with E-state index in [0.29, 0.717) is 5.56 Å². The molecule has 0 unspecified atom stereocenters. The number of alkyl halides is 3. The Morgan fingerprint density at radius 3 is 2.32 bits per heavy atom. The minimum absolute atomic E-state index is 0.0672. The van der Waals surface area contributed by atoms with Crippen LogP contribution in [-0.4, -0.2) is 9.97 Å². The van der Waals surface area contributed by atoms with E-state index in [-0.39, 0.29) is 17.1 Å². The summed E-state index contributed by atoms with van der Waals surface area (Å²) in [6, 6.07) is 5.04. The molecule has 0 aliphatic carbocycles. The van der Waals surface area contributed by atoms with Gasteiger partial charge < -0.3 is 5.73 Å². The Hall–Kier alpha value is -2.18. The first-order valence-corrected chi connectivity index (χ1v) is 5.25. The van der Waals surface area contributed by atoms with Crippen LogP contribution in [0, 0.1) is 12.7 Å². The molecule has 0 saturated heterocycles. The lowest BCUT2D eigenvalue weighted by Gasteiger charge is -2.09. The fourth-order valence-electron chi connectivity index (χ4n) is 1.62. The van der Waals surface area contributed by atoms with Crippen molar-refractivity contribution in [3.63, 3.8) is 0 Å². The van der Waals surface area contributed by atoms with Gasteiger partial charge in [-0.05, 0) is 30.7 Å². The third-order valence-corrected chi connectivity index (χ3v) is 2.34. The Kier molecular flexibility index (Phi) is 3.13. The van der Waals surface area contributed by atoms with Gasteiger partial charge in [0.1, 0.15) is 11.6 Å². The molecule has 0 radical (unpaired) electrons. The molecule has 2 rings (SSSR count). The summed E-state index contributed by atoms with van der Waals surface area (Å²) in [5.41, 5.74) is 6.05. The standard InChI is InChI=1S/C12H9F4N3/c1-6-2-7(4-8(13)3-6)9-5-10(17)19-11(18-9)12(14,15)16/h2-5H,1H3,(H2,17,18,19). The quantitative estimate of drug-likeness (QED) is 0.810. The van der Waals surface area contributed by atoms with Gasteiger partial charge in [0, 0.05) is 11.6 Å². The van der Waals surface area contributed by atoms with Crippen LogP contribution in [0.2, 0.25) is 0 Å². The minimum Gasteiger partial charge on any atom is -0.384 e. The summed E-state index contributed by atoms with van der Waals surface area (Å²) in [5.74, 6) is -2.22. The Morgan fingerprint density at radius 2 is 1.74 bits per heavy atom. The summed E-state index contributed by atoms with van der Waals surface area (Å²) in [6.45, 7) is 1.63. The Labute approximate surface area is 106 Å². The Morgan fingerprint density at radius 1 is 1.05 bits per heavy atom. The van der Waals surface area contributed by atoms with Crippen molar-refractivity contribution in [2.45, 2.75) is 13.1 Å². The van der Waals surface area contributed by atoms with Crippen LogP contribution in [0.5, 0.6) is 0 Å². The third-order valence-electron chi connectivity index (χ3n) is 2.34. The second kappa shape index (κ2) is 4.49. The van der Waals surface area contributed by atoms with Crippen molar-refractivity contribution in [3.05, 3.63) is 41.5 Å². The van der Waals surface area contributed by atoms with Crippen molar-refractivity contribution in [2.24, 2.45) is 0 Å². The van der Waals surface area contributed by atoms with Gasteiger partial charge in [-0.2, -0.15) is 13.2 Å². The highest BCUT2D eigenvalue weighted by Gasteiger charge is 2.35. The van der Waals surface area contributed by atoms with Gasteiger partial charge in [-0.3, -0.25) is 0 Å². The number of hydrogen-bond acceptors (Lipinski definition) is 3. The van der Waals surface area contributed by atoms with Crippen LogP contribution in [0.3, 0.4) is 0 Å². The van der Waals surface area contributed by atoms with E-state index in [4.69, 9.17) is 5.73 Å². The van der Waals surface area contributed by atoms with Gasteiger partial charge in [0.15, 0.2) is 0 Å². The molecule has 1 heterocycles. The maximum Gasteiger partial charge on any atom is 0.451 e. The van der Waals surface area contributed by atoms with Crippen molar-refractivity contribution in [1.82, 2.24) is 9.97 Å². The van der Waals surface area contributed by atoms with E-state index in [1.165, 1.54) is 18.2 Å². The molecule has 19 heavy (non-hydrogen) atoms. The molecular weight excluding hydrogens is 262 g/mol. The highest BCUT2D eigenvalue weighted by Crippen LogP contribution is 2.29. The SMILES string of the molecule is Cc1cc(F)cc(-c2cc(N)nc(C(F)(F)F)n2)c1. The van der Waals surface area contributed by atoms with Crippen molar-refractivity contribution >= 4 is 5.82 Å². The zero-order valence-electron chi connectivity index (χ0n) is 9.79. The number of rotatable bonds is 1. The number of nitrogen functional groups attached to an aromatic ring is 1. The number of halogens is 4. The summed E-state index contributed by atoms with van der Waals surface area (Å²) in [4.78, 5) is 6.50. The van der Waals surface area contributed by atoms with Crippen LogP contribution >= 0.6 is 0 Å². The molecule has 0 aliphatic heterocycles. The summed E-state index contributed by atoms with van der Waals surface area (Å²) in [6.07, 6.45) is -4.70. The van der Waals surface area contributed by atoms with Crippen molar-refractivity contribution in [2.75, 3.05) is 5.73 Å². The maximum absolute atomic E-state index is 13.3. The van der Waals surface area contributed by atoms with E-state index in [0.717, 1.165) is 6.07 Å². The van der Waals surface area contributed by atoms with E-state index in [1.54, 1.807) is 6.92 Å². The highest BCUT2D eigenvalue weighted by atomic mass is 19.4. The summed E-state index contributed by atoms with van der Waals surface area (Å²) in [5, 5.41) is 0. The fraction of sp³-hybridized carbons (Fsp3) is 0.167. The lowest BCUT2D eigenvalue weighted by Crippen LogP contribution is -2.13. The number of aromatic nitrogens is 2. The number of hydrogen-bond donors (Lipinski definition) is 1. The molecule has 100 valence electrons. The number of nitrogens with two attached hydrogens (primary N) is 1. The first-order valence-electron chi connectivity index (χ1n) is 5.25. The van der Waals surface area contributed by atoms with E-state index < -0.39 is 17.8 Å². The fourth-order valence-corrected chi connectivity index (χ4v) is 1.62. The summed E-state index contributed by atoms with van der Waals surface area (Å²) in [7, 11) is 0. The first-order chi connectivity index (χ1) is 8.75. The number of aryl methyl sites for hydroxylation is 1. The lowest BCUT2D eigenvalue weighted by atomic mass is 10.1. The monoisotopic (exact) mass is 271 g/mol. The molecule has 0 saturated carbocycles. The molecule has 2 N–H and O–H groups in total. The molecule has 7 heteroatoms. The number of benzene rings is 1. The van der Waals surface area contributed by atoms with Crippen LogP contribution in [0.25, 0.3) is 11.3 Å². The van der Waals surface area contributed by atoms with E-state index >= 15 is 0 Å². The number of nitrogens with zero attached hydrogens (tertiary/aromatic N) is 2. The van der Waals surface area contributed by atoms with Gasteiger partial charge in [0.05, 0.1) is 5.69 Å². The smallest absolute Gasteiger partial charge is 0.384 e. The van der Waals surface area contributed by atoms with Crippen LogP contribution < -0.4 is 5.73 Å². The molecular formula is C12H9F4N3. The molecule has 0 amide bonds. The second-order valence-electron chi connectivity index (χ2n) is 4.02. The Balaban J connectivity index is 2.59. The van der Waals surface area contributed by atoms with Crippen molar-refractivity contribution < 1.29 is 17.6 Å². The van der Waals surface area contributed by atoms with Crippen molar-refractivity contribution in [1.29, 1.82) is 0 Å². The van der Waals surface area contributed by atoms with Crippen LogP contribution in [0.1, 0.15) is 11.4 Å².